The summed E-state index contributed by atoms with van der Waals surface area (Å²) in [7, 11) is 2.18. The molecule has 0 spiro atoms. The standard InChI is InChI=1S/C21H32N2O/c1-21(2,3)19-8-5-17(6-9-19)7-10-20(24)22-14-11-18-12-15-23(4)16-13-18/h5-10,18H,11-16H2,1-4H3,(H,22,24)/b10-7+. The summed E-state index contributed by atoms with van der Waals surface area (Å²) in [5.74, 6) is 0.762. The van der Waals surface area contributed by atoms with Gasteiger partial charge in [-0.3, -0.25) is 4.79 Å². The summed E-state index contributed by atoms with van der Waals surface area (Å²) in [6, 6.07) is 8.42. The van der Waals surface area contributed by atoms with Crippen molar-refractivity contribution in [1.82, 2.24) is 10.2 Å². The Morgan fingerprint density at radius 1 is 1.21 bits per heavy atom. The molecule has 1 fully saturated rings. The molecule has 0 aliphatic carbocycles. The van der Waals surface area contributed by atoms with Crippen molar-refractivity contribution in [2.75, 3.05) is 26.7 Å². The normalized spacial score (nSPS) is 17.3. The molecule has 0 aromatic heterocycles. The molecule has 1 amide bonds. The van der Waals surface area contributed by atoms with Crippen molar-refractivity contribution in [2.24, 2.45) is 5.92 Å². The molecule has 1 aliphatic rings. The van der Waals surface area contributed by atoms with E-state index < -0.39 is 0 Å². The lowest BCUT2D eigenvalue weighted by Gasteiger charge is -2.28. The number of nitrogens with one attached hydrogen (secondary N) is 1. The Balaban J connectivity index is 1.72. The van der Waals surface area contributed by atoms with Gasteiger partial charge in [0.1, 0.15) is 0 Å². The Morgan fingerprint density at radius 2 is 1.83 bits per heavy atom. The first-order valence-corrected chi connectivity index (χ1v) is 9.09. The van der Waals surface area contributed by atoms with E-state index in [-0.39, 0.29) is 11.3 Å². The summed E-state index contributed by atoms with van der Waals surface area (Å²) in [6.07, 6.45) is 7.12. The summed E-state index contributed by atoms with van der Waals surface area (Å²) in [6.45, 7) is 9.76. The van der Waals surface area contributed by atoms with Gasteiger partial charge in [-0.25, -0.2) is 0 Å². The van der Waals surface area contributed by atoms with Gasteiger partial charge in [-0.05, 0) is 67.9 Å². The van der Waals surface area contributed by atoms with E-state index in [1.54, 1.807) is 6.08 Å². The summed E-state index contributed by atoms with van der Waals surface area (Å²) >= 11 is 0. The van der Waals surface area contributed by atoms with Gasteiger partial charge in [-0.1, -0.05) is 45.0 Å². The quantitative estimate of drug-likeness (QED) is 0.833. The van der Waals surface area contributed by atoms with E-state index in [0.29, 0.717) is 0 Å². The fourth-order valence-corrected chi connectivity index (χ4v) is 3.08. The molecule has 1 aliphatic heterocycles. The highest BCUT2D eigenvalue weighted by atomic mass is 16.1. The van der Waals surface area contributed by atoms with Crippen LogP contribution in [-0.2, 0) is 10.2 Å². The van der Waals surface area contributed by atoms with Crippen molar-refractivity contribution in [3.05, 3.63) is 41.5 Å². The van der Waals surface area contributed by atoms with Crippen LogP contribution in [0.15, 0.2) is 30.3 Å². The average Bonchev–Trinajstić information content (AvgIpc) is 2.54. The van der Waals surface area contributed by atoms with Crippen molar-refractivity contribution < 1.29 is 4.79 Å². The number of hydrogen-bond acceptors (Lipinski definition) is 2. The van der Waals surface area contributed by atoms with Gasteiger partial charge in [0.2, 0.25) is 5.91 Å². The molecule has 0 atom stereocenters. The van der Waals surface area contributed by atoms with E-state index >= 15 is 0 Å². The molecule has 0 saturated carbocycles. The molecule has 3 nitrogen and oxygen atoms in total. The third-order valence-electron chi connectivity index (χ3n) is 4.89. The van der Waals surface area contributed by atoms with Crippen LogP contribution >= 0.6 is 0 Å². The molecule has 132 valence electrons. The van der Waals surface area contributed by atoms with E-state index in [0.717, 1.165) is 24.4 Å². The number of carbonyl (C=O) groups is 1. The summed E-state index contributed by atoms with van der Waals surface area (Å²) in [5, 5.41) is 3.01. The first-order valence-electron chi connectivity index (χ1n) is 9.09. The van der Waals surface area contributed by atoms with Crippen molar-refractivity contribution in [3.8, 4) is 0 Å². The number of carbonyl (C=O) groups excluding carboxylic acids is 1. The van der Waals surface area contributed by atoms with Crippen LogP contribution in [0.2, 0.25) is 0 Å². The maximum Gasteiger partial charge on any atom is 0.243 e. The number of hydrogen-bond donors (Lipinski definition) is 1. The van der Waals surface area contributed by atoms with Gasteiger partial charge >= 0.3 is 0 Å². The predicted molar refractivity (Wildman–Crippen MR) is 102 cm³/mol. The maximum atomic E-state index is 11.9. The van der Waals surface area contributed by atoms with Gasteiger partial charge in [-0.15, -0.1) is 0 Å². The summed E-state index contributed by atoms with van der Waals surface area (Å²) < 4.78 is 0. The lowest BCUT2D eigenvalue weighted by Crippen LogP contribution is -2.32. The molecular formula is C21H32N2O. The molecule has 0 unspecified atom stereocenters. The molecular weight excluding hydrogens is 296 g/mol. The first kappa shape index (κ1) is 18.7. The number of nitrogens with zero attached hydrogens (tertiary/aromatic N) is 1. The van der Waals surface area contributed by atoms with Crippen LogP contribution in [0.1, 0.15) is 51.2 Å². The molecule has 1 saturated heterocycles. The van der Waals surface area contributed by atoms with Crippen LogP contribution in [0.4, 0.5) is 0 Å². The molecule has 0 bridgehead atoms. The third kappa shape index (κ3) is 6.12. The second kappa shape index (κ2) is 8.48. The van der Waals surface area contributed by atoms with Gasteiger partial charge < -0.3 is 10.2 Å². The van der Waals surface area contributed by atoms with Gasteiger partial charge in [0.05, 0.1) is 0 Å². The van der Waals surface area contributed by atoms with Crippen LogP contribution < -0.4 is 5.32 Å². The molecule has 1 aromatic carbocycles. The van der Waals surface area contributed by atoms with E-state index in [4.69, 9.17) is 0 Å². The molecule has 24 heavy (non-hydrogen) atoms. The lowest BCUT2D eigenvalue weighted by atomic mass is 9.87. The van der Waals surface area contributed by atoms with Crippen molar-refractivity contribution in [2.45, 2.75) is 45.4 Å². The number of piperidine rings is 1. The van der Waals surface area contributed by atoms with E-state index in [1.807, 2.05) is 6.08 Å². The molecule has 1 heterocycles. The van der Waals surface area contributed by atoms with Crippen LogP contribution in [0.3, 0.4) is 0 Å². The Labute approximate surface area is 147 Å². The SMILES string of the molecule is CN1CCC(CCNC(=O)/C=C/c2ccc(C(C)(C)C)cc2)CC1. The average molecular weight is 329 g/mol. The van der Waals surface area contributed by atoms with Gasteiger partial charge in [0, 0.05) is 12.6 Å². The predicted octanol–water partition coefficient (Wildman–Crippen LogP) is 3.85. The minimum absolute atomic E-state index is 0.00262. The molecule has 2 rings (SSSR count). The van der Waals surface area contributed by atoms with Crippen LogP contribution in [-0.4, -0.2) is 37.5 Å². The largest absolute Gasteiger partial charge is 0.353 e. The van der Waals surface area contributed by atoms with Crippen LogP contribution in [0.5, 0.6) is 0 Å². The number of likely N-dealkylation sites (tertiary alicyclic amines) is 1. The fraction of sp³-hybridized carbons (Fsp3) is 0.571. The Bertz CT molecular complexity index is 546. The highest BCUT2D eigenvalue weighted by Crippen LogP contribution is 2.22. The minimum Gasteiger partial charge on any atom is -0.353 e. The summed E-state index contributed by atoms with van der Waals surface area (Å²) in [5.41, 5.74) is 2.53. The maximum absolute atomic E-state index is 11.9. The van der Waals surface area contributed by atoms with Gasteiger partial charge in [-0.2, -0.15) is 0 Å². The first-order chi connectivity index (χ1) is 11.3. The smallest absolute Gasteiger partial charge is 0.243 e. The topological polar surface area (TPSA) is 32.3 Å². The molecule has 1 N–H and O–H groups in total. The Kier molecular flexibility index (Phi) is 6.61. The Hall–Kier alpha value is -1.61. The highest BCUT2D eigenvalue weighted by molar-refractivity contribution is 5.91. The van der Waals surface area contributed by atoms with E-state index in [2.05, 4.69) is 62.3 Å². The van der Waals surface area contributed by atoms with Crippen molar-refractivity contribution in [3.63, 3.8) is 0 Å². The molecule has 3 heteroatoms. The second-order valence-electron chi connectivity index (χ2n) is 8.03. The molecule has 0 radical (unpaired) electrons. The van der Waals surface area contributed by atoms with Gasteiger partial charge in [0.25, 0.3) is 0 Å². The van der Waals surface area contributed by atoms with Crippen molar-refractivity contribution >= 4 is 12.0 Å². The van der Waals surface area contributed by atoms with E-state index in [9.17, 15) is 4.79 Å². The minimum atomic E-state index is 0.00262. The monoisotopic (exact) mass is 328 g/mol. The van der Waals surface area contributed by atoms with E-state index in [1.165, 1.54) is 31.5 Å². The summed E-state index contributed by atoms with van der Waals surface area (Å²) in [4.78, 5) is 14.3. The second-order valence-corrected chi connectivity index (χ2v) is 8.03. The fourth-order valence-electron chi connectivity index (χ4n) is 3.08. The van der Waals surface area contributed by atoms with Gasteiger partial charge in [0.15, 0.2) is 0 Å². The Morgan fingerprint density at radius 3 is 2.42 bits per heavy atom. The van der Waals surface area contributed by atoms with Crippen LogP contribution in [0, 0.1) is 5.92 Å². The highest BCUT2D eigenvalue weighted by Gasteiger charge is 2.16. The zero-order chi connectivity index (χ0) is 17.6. The lowest BCUT2D eigenvalue weighted by molar-refractivity contribution is -0.116. The zero-order valence-corrected chi connectivity index (χ0v) is 15.6. The number of amides is 1. The van der Waals surface area contributed by atoms with Crippen molar-refractivity contribution in [1.29, 1.82) is 0 Å². The number of benzene rings is 1. The molecule has 1 aromatic rings. The zero-order valence-electron chi connectivity index (χ0n) is 15.6. The number of rotatable bonds is 5. The van der Waals surface area contributed by atoms with Crippen LogP contribution in [0.25, 0.3) is 6.08 Å². The third-order valence-corrected chi connectivity index (χ3v) is 4.89.